The van der Waals surface area contributed by atoms with Gasteiger partial charge in [0.1, 0.15) is 0 Å². The van der Waals surface area contributed by atoms with Crippen LogP contribution >= 0.6 is 0 Å². The zero-order valence-electron chi connectivity index (χ0n) is 21.3. The SMILES string of the molecule is CCCCCCc1[nH]c2cccc3c2c1C[C@@H]1C3C[C@H](NC(=O)N(CC)CC)CN1CCC. The van der Waals surface area contributed by atoms with E-state index in [9.17, 15) is 4.79 Å². The molecule has 2 amide bonds. The number of likely N-dealkylation sites (tertiary alicyclic amines) is 1. The summed E-state index contributed by atoms with van der Waals surface area (Å²) in [6.45, 7) is 12.2. The summed E-state index contributed by atoms with van der Waals surface area (Å²) in [6.07, 6.45) is 9.69. The highest BCUT2D eigenvalue weighted by Crippen LogP contribution is 2.44. The van der Waals surface area contributed by atoms with Crippen molar-refractivity contribution in [3.05, 3.63) is 35.0 Å². The van der Waals surface area contributed by atoms with Crippen molar-refractivity contribution in [2.24, 2.45) is 0 Å². The number of unbranched alkanes of at least 4 members (excludes halogenated alkanes) is 3. The third-order valence-corrected chi connectivity index (χ3v) is 7.96. The Balaban J connectivity index is 1.61. The Morgan fingerprint density at radius 2 is 1.94 bits per heavy atom. The van der Waals surface area contributed by atoms with E-state index in [1.807, 2.05) is 4.90 Å². The summed E-state index contributed by atoms with van der Waals surface area (Å²) in [7, 11) is 0. The van der Waals surface area contributed by atoms with Crippen molar-refractivity contribution >= 4 is 16.9 Å². The van der Waals surface area contributed by atoms with Crippen molar-refractivity contribution in [2.75, 3.05) is 26.2 Å². The first-order valence-corrected chi connectivity index (χ1v) is 13.5. The summed E-state index contributed by atoms with van der Waals surface area (Å²) in [5, 5.41) is 4.86. The second-order valence-electron chi connectivity index (χ2n) is 10.1. The van der Waals surface area contributed by atoms with Gasteiger partial charge in [-0.3, -0.25) is 4.90 Å². The standard InChI is InChI=1S/C28H44N4O/c1-5-9-10-11-14-24-23-18-26-22(21-13-12-15-25(30-24)27(21)23)17-20(19-32(26)16-6-2)29-28(33)31(7-3)8-4/h12-13,15,20,22,26,30H,5-11,14,16-19H2,1-4H3,(H,29,33)/t20-,22?,26+/m0/s1. The van der Waals surface area contributed by atoms with Crippen molar-refractivity contribution in [3.8, 4) is 0 Å². The van der Waals surface area contributed by atoms with E-state index in [4.69, 9.17) is 0 Å². The van der Waals surface area contributed by atoms with Gasteiger partial charge in [-0.25, -0.2) is 4.79 Å². The fourth-order valence-electron chi connectivity index (χ4n) is 6.33. The van der Waals surface area contributed by atoms with E-state index in [1.165, 1.54) is 47.8 Å². The van der Waals surface area contributed by atoms with Gasteiger partial charge in [-0.05, 0) is 69.7 Å². The number of H-pyrrole nitrogens is 1. The summed E-state index contributed by atoms with van der Waals surface area (Å²) in [5.74, 6) is 0.479. The van der Waals surface area contributed by atoms with E-state index in [2.05, 4.69) is 61.1 Å². The van der Waals surface area contributed by atoms with Crippen molar-refractivity contribution < 1.29 is 4.79 Å². The molecule has 182 valence electrons. The van der Waals surface area contributed by atoms with Crippen LogP contribution in [0.15, 0.2) is 18.2 Å². The molecule has 0 saturated carbocycles. The van der Waals surface area contributed by atoms with Gasteiger partial charge < -0.3 is 15.2 Å². The molecule has 33 heavy (non-hydrogen) atoms. The van der Waals surface area contributed by atoms with E-state index in [1.54, 1.807) is 5.56 Å². The first-order valence-electron chi connectivity index (χ1n) is 13.5. The lowest BCUT2D eigenvalue weighted by molar-refractivity contribution is 0.0978. The molecule has 3 atom stereocenters. The van der Waals surface area contributed by atoms with Crippen LogP contribution in [0.4, 0.5) is 4.79 Å². The maximum Gasteiger partial charge on any atom is 0.317 e. The molecule has 0 radical (unpaired) electrons. The van der Waals surface area contributed by atoms with Crippen LogP contribution < -0.4 is 5.32 Å². The molecule has 1 saturated heterocycles. The van der Waals surface area contributed by atoms with Gasteiger partial charge in [0, 0.05) is 54.2 Å². The molecule has 2 heterocycles. The molecule has 1 aliphatic carbocycles. The molecule has 5 nitrogen and oxygen atoms in total. The fraction of sp³-hybridized carbons (Fsp3) is 0.679. The molecule has 5 heteroatoms. The smallest absolute Gasteiger partial charge is 0.317 e. The van der Waals surface area contributed by atoms with Gasteiger partial charge in [-0.2, -0.15) is 0 Å². The number of hydrogen-bond acceptors (Lipinski definition) is 2. The summed E-state index contributed by atoms with van der Waals surface area (Å²) in [5.41, 5.74) is 5.85. The normalized spacial score (nSPS) is 22.4. The van der Waals surface area contributed by atoms with Gasteiger partial charge in [0.15, 0.2) is 0 Å². The highest BCUT2D eigenvalue weighted by molar-refractivity contribution is 5.89. The Labute approximate surface area is 200 Å². The Kier molecular flexibility index (Phi) is 8.00. The highest BCUT2D eigenvalue weighted by Gasteiger charge is 2.41. The summed E-state index contributed by atoms with van der Waals surface area (Å²) in [4.78, 5) is 21.2. The highest BCUT2D eigenvalue weighted by atomic mass is 16.2. The van der Waals surface area contributed by atoms with E-state index in [-0.39, 0.29) is 12.1 Å². The van der Waals surface area contributed by atoms with E-state index >= 15 is 0 Å². The maximum absolute atomic E-state index is 12.8. The minimum atomic E-state index is 0.0885. The zero-order chi connectivity index (χ0) is 23.4. The number of carbonyl (C=O) groups is 1. The molecular weight excluding hydrogens is 408 g/mol. The van der Waals surface area contributed by atoms with E-state index < -0.39 is 0 Å². The number of nitrogens with one attached hydrogen (secondary N) is 2. The molecule has 4 rings (SSSR count). The quantitative estimate of drug-likeness (QED) is 0.445. The van der Waals surface area contributed by atoms with Crippen LogP contribution in [0.5, 0.6) is 0 Å². The number of fused-ring (bicyclic) bond motifs is 2. The first-order chi connectivity index (χ1) is 16.1. The van der Waals surface area contributed by atoms with Crippen LogP contribution in [0, 0.1) is 0 Å². The average Bonchev–Trinajstić information content (AvgIpc) is 3.17. The minimum Gasteiger partial charge on any atom is -0.358 e. The van der Waals surface area contributed by atoms with Crippen LogP contribution in [-0.2, 0) is 12.8 Å². The number of hydrogen-bond donors (Lipinski definition) is 2. The lowest BCUT2D eigenvalue weighted by Crippen LogP contribution is -2.58. The van der Waals surface area contributed by atoms with Crippen LogP contribution in [0.2, 0.25) is 0 Å². The summed E-state index contributed by atoms with van der Waals surface area (Å²) >= 11 is 0. The summed E-state index contributed by atoms with van der Waals surface area (Å²) < 4.78 is 0. The monoisotopic (exact) mass is 452 g/mol. The predicted molar refractivity (Wildman–Crippen MR) is 138 cm³/mol. The lowest BCUT2D eigenvalue weighted by atomic mass is 9.73. The number of benzene rings is 1. The number of amides is 2. The number of rotatable bonds is 10. The Bertz CT molecular complexity index is 931. The minimum absolute atomic E-state index is 0.0885. The third-order valence-electron chi connectivity index (χ3n) is 7.96. The molecular formula is C28H44N4O. The van der Waals surface area contributed by atoms with E-state index in [0.717, 1.165) is 51.9 Å². The molecule has 1 fully saturated rings. The van der Waals surface area contributed by atoms with Gasteiger partial charge in [0.25, 0.3) is 0 Å². The van der Waals surface area contributed by atoms with Gasteiger partial charge in [-0.1, -0.05) is 45.2 Å². The van der Waals surface area contributed by atoms with Crippen molar-refractivity contribution in [1.82, 2.24) is 20.1 Å². The number of piperidine rings is 1. The molecule has 1 aliphatic heterocycles. The number of aryl methyl sites for hydroxylation is 1. The summed E-state index contributed by atoms with van der Waals surface area (Å²) in [6, 6.07) is 7.67. The molecule has 1 unspecified atom stereocenters. The van der Waals surface area contributed by atoms with Gasteiger partial charge >= 0.3 is 6.03 Å². The number of urea groups is 1. The third kappa shape index (κ3) is 4.94. The van der Waals surface area contributed by atoms with Crippen LogP contribution in [0.25, 0.3) is 10.9 Å². The van der Waals surface area contributed by atoms with Crippen LogP contribution in [-0.4, -0.2) is 59.1 Å². The lowest BCUT2D eigenvalue weighted by Gasteiger charge is -2.47. The Morgan fingerprint density at radius 1 is 1.12 bits per heavy atom. The van der Waals surface area contributed by atoms with Crippen molar-refractivity contribution in [2.45, 2.75) is 97.1 Å². The molecule has 1 aromatic heterocycles. The van der Waals surface area contributed by atoms with Gasteiger partial charge in [0.05, 0.1) is 0 Å². The fourth-order valence-corrected chi connectivity index (χ4v) is 6.33. The molecule has 0 bridgehead atoms. The molecule has 2 aromatic rings. The molecule has 0 spiro atoms. The number of nitrogens with zero attached hydrogens (tertiary/aromatic N) is 2. The Hall–Kier alpha value is -2.01. The predicted octanol–water partition coefficient (Wildman–Crippen LogP) is 5.83. The van der Waals surface area contributed by atoms with Crippen LogP contribution in [0.3, 0.4) is 0 Å². The van der Waals surface area contributed by atoms with E-state index in [0.29, 0.717) is 12.0 Å². The van der Waals surface area contributed by atoms with Gasteiger partial charge in [0.2, 0.25) is 0 Å². The molecule has 2 aliphatic rings. The van der Waals surface area contributed by atoms with Crippen LogP contribution in [0.1, 0.15) is 89.0 Å². The maximum atomic E-state index is 12.8. The zero-order valence-corrected chi connectivity index (χ0v) is 21.3. The number of aromatic amines is 1. The first kappa shape index (κ1) is 24.1. The largest absolute Gasteiger partial charge is 0.358 e. The van der Waals surface area contributed by atoms with Crippen molar-refractivity contribution in [3.63, 3.8) is 0 Å². The average molecular weight is 453 g/mol. The van der Waals surface area contributed by atoms with Gasteiger partial charge in [-0.15, -0.1) is 0 Å². The molecule has 1 aromatic carbocycles. The second-order valence-corrected chi connectivity index (χ2v) is 10.1. The Morgan fingerprint density at radius 3 is 2.67 bits per heavy atom. The molecule has 2 N–H and O–H groups in total. The van der Waals surface area contributed by atoms with Crippen molar-refractivity contribution in [1.29, 1.82) is 0 Å². The number of aromatic nitrogens is 1. The topological polar surface area (TPSA) is 51.4 Å². The number of carbonyl (C=O) groups excluding carboxylic acids is 1. The second kappa shape index (κ2) is 10.9.